The average molecular weight is 418 g/mol. The van der Waals surface area contributed by atoms with Crippen LogP contribution in [0.2, 0.25) is 0 Å². The number of halogens is 3. The number of thioether (sulfide) groups is 1. The quantitative estimate of drug-likeness (QED) is 0.727. The van der Waals surface area contributed by atoms with Crippen molar-refractivity contribution in [2.24, 2.45) is 0 Å². The number of carbonyl (C=O) groups excluding carboxylic acids is 1. The van der Waals surface area contributed by atoms with E-state index in [0.717, 1.165) is 28.2 Å². The normalized spacial score (nSPS) is 12.2. The van der Waals surface area contributed by atoms with Crippen LogP contribution in [-0.4, -0.2) is 38.5 Å². The van der Waals surface area contributed by atoms with Crippen molar-refractivity contribution in [3.8, 4) is 0 Å². The van der Waals surface area contributed by atoms with E-state index < -0.39 is 27.7 Å². The predicted octanol–water partition coefficient (Wildman–Crippen LogP) is 3.69. The van der Waals surface area contributed by atoms with Crippen molar-refractivity contribution in [3.05, 3.63) is 54.1 Å². The van der Waals surface area contributed by atoms with E-state index in [-0.39, 0.29) is 16.3 Å². The zero-order valence-corrected chi connectivity index (χ0v) is 16.1. The number of alkyl halides is 3. The Bertz CT molecular complexity index is 929. The van der Waals surface area contributed by atoms with E-state index in [4.69, 9.17) is 0 Å². The highest BCUT2D eigenvalue weighted by atomic mass is 32.2. The van der Waals surface area contributed by atoms with Crippen LogP contribution in [0.15, 0.2) is 58.3 Å². The summed E-state index contributed by atoms with van der Waals surface area (Å²) in [5.74, 6) is -0.580. The third-order valence-corrected chi connectivity index (χ3v) is 6.23. The molecule has 0 unspecified atom stereocenters. The Balaban J connectivity index is 2.03. The summed E-state index contributed by atoms with van der Waals surface area (Å²) in [7, 11) is -0.849. The van der Waals surface area contributed by atoms with Crippen LogP contribution >= 0.6 is 11.8 Å². The maximum absolute atomic E-state index is 12.7. The Kier molecular flexibility index (Phi) is 6.55. The van der Waals surface area contributed by atoms with E-state index >= 15 is 0 Å². The second-order valence-corrected chi connectivity index (χ2v) is 8.88. The fourth-order valence-electron chi connectivity index (χ4n) is 2.05. The zero-order valence-electron chi connectivity index (χ0n) is 14.4. The molecule has 27 heavy (non-hydrogen) atoms. The molecule has 0 radical (unpaired) electrons. The van der Waals surface area contributed by atoms with Gasteiger partial charge in [-0.1, -0.05) is 12.1 Å². The maximum atomic E-state index is 12.7. The van der Waals surface area contributed by atoms with Crippen molar-refractivity contribution >= 4 is 33.4 Å². The lowest BCUT2D eigenvalue weighted by Gasteiger charge is -2.13. The number of hydrogen-bond donors (Lipinski definition) is 1. The highest BCUT2D eigenvalue weighted by Crippen LogP contribution is 2.31. The molecule has 0 saturated heterocycles. The number of benzene rings is 2. The van der Waals surface area contributed by atoms with Gasteiger partial charge >= 0.3 is 6.18 Å². The van der Waals surface area contributed by atoms with E-state index in [0.29, 0.717) is 4.90 Å². The van der Waals surface area contributed by atoms with Gasteiger partial charge in [0.15, 0.2) is 0 Å². The fourth-order valence-corrected chi connectivity index (χ4v) is 3.76. The van der Waals surface area contributed by atoms with Crippen LogP contribution < -0.4 is 5.32 Å². The number of anilines is 1. The Hall–Kier alpha value is -2.04. The monoisotopic (exact) mass is 418 g/mol. The van der Waals surface area contributed by atoms with Gasteiger partial charge in [-0.3, -0.25) is 4.79 Å². The van der Waals surface area contributed by atoms with Gasteiger partial charge in [0.25, 0.3) is 0 Å². The van der Waals surface area contributed by atoms with Crippen molar-refractivity contribution in [2.45, 2.75) is 16.0 Å². The average Bonchev–Trinajstić information content (AvgIpc) is 2.59. The molecule has 0 aliphatic rings. The van der Waals surface area contributed by atoms with Crippen LogP contribution in [0.3, 0.4) is 0 Å². The molecule has 0 aromatic heterocycles. The van der Waals surface area contributed by atoms with Gasteiger partial charge in [-0.25, -0.2) is 12.7 Å². The van der Waals surface area contributed by atoms with Gasteiger partial charge in [-0.15, -0.1) is 11.8 Å². The molecular weight excluding hydrogens is 401 g/mol. The van der Waals surface area contributed by atoms with Gasteiger partial charge < -0.3 is 5.32 Å². The molecule has 5 nitrogen and oxygen atoms in total. The van der Waals surface area contributed by atoms with E-state index in [9.17, 15) is 26.4 Å². The molecule has 2 aromatic rings. The SMILES string of the molecule is CN(C)S(=O)(=O)c1cccc(NC(=O)CSc2cccc(C(F)(F)F)c2)c1. The van der Waals surface area contributed by atoms with Crippen molar-refractivity contribution in [1.82, 2.24) is 4.31 Å². The van der Waals surface area contributed by atoms with Crippen LogP contribution in [-0.2, 0) is 21.0 Å². The molecular formula is C17H17F3N2O3S2. The van der Waals surface area contributed by atoms with E-state index in [1.54, 1.807) is 0 Å². The summed E-state index contributed by atoms with van der Waals surface area (Å²) in [5, 5.41) is 2.54. The van der Waals surface area contributed by atoms with E-state index in [1.165, 1.54) is 50.5 Å². The molecule has 0 fully saturated rings. The number of sulfonamides is 1. The van der Waals surface area contributed by atoms with Gasteiger partial charge in [0.1, 0.15) is 0 Å². The summed E-state index contributed by atoms with van der Waals surface area (Å²) in [5.41, 5.74) is -0.498. The molecule has 1 amide bonds. The lowest BCUT2D eigenvalue weighted by molar-refractivity contribution is -0.137. The zero-order chi connectivity index (χ0) is 20.2. The van der Waals surface area contributed by atoms with Crippen molar-refractivity contribution < 1.29 is 26.4 Å². The number of nitrogens with one attached hydrogen (secondary N) is 1. The molecule has 10 heteroatoms. The minimum absolute atomic E-state index is 0.0239. The molecule has 0 heterocycles. The number of carbonyl (C=O) groups is 1. The van der Waals surface area contributed by atoms with Crippen molar-refractivity contribution in [2.75, 3.05) is 25.2 Å². The number of hydrogen-bond acceptors (Lipinski definition) is 4. The standard InChI is InChI=1S/C17H17F3N2O3S2/c1-22(2)27(24,25)15-8-4-6-13(10-15)21-16(23)11-26-14-7-3-5-12(9-14)17(18,19)20/h3-10H,11H2,1-2H3,(H,21,23). The molecule has 0 aliphatic carbocycles. The second kappa shape index (κ2) is 8.32. The van der Waals surface area contributed by atoms with Crippen molar-refractivity contribution in [1.29, 1.82) is 0 Å². The lowest BCUT2D eigenvalue weighted by Crippen LogP contribution is -2.22. The number of nitrogens with zero attached hydrogens (tertiary/aromatic N) is 1. The summed E-state index contributed by atoms with van der Waals surface area (Å²) in [4.78, 5) is 12.4. The summed E-state index contributed by atoms with van der Waals surface area (Å²) < 4.78 is 63.4. The van der Waals surface area contributed by atoms with Gasteiger partial charge in [0.05, 0.1) is 16.2 Å². The van der Waals surface area contributed by atoms with Gasteiger partial charge in [0.2, 0.25) is 15.9 Å². The Labute approximate surface area is 159 Å². The molecule has 146 valence electrons. The van der Waals surface area contributed by atoms with Crippen LogP contribution in [0.5, 0.6) is 0 Å². The first kappa shape index (κ1) is 21.3. The molecule has 2 aromatic carbocycles. The highest BCUT2D eigenvalue weighted by molar-refractivity contribution is 8.00. The van der Waals surface area contributed by atoms with Crippen LogP contribution in [0.4, 0.5) is 18.9 Å². The summed E-state index contributed by atoms with van der Waals surface area (Å²) >= 11 is 0.954. The molecule has 0 bridgehead atoms. The largest absolute Gasteiger partial charge is 0.416 e. The minimum atomic E-state index is -4.45. The maximum Gasteiger partial charge on any atom is 0.416 e. The van der Waals surface area contributed by atoms with Crippen LogP contribution in [0.25, 0.3) is 0 Å². The van der Waals surface area contributed by atoms with Crippen LogP contribution in [0, 0.1) is 0 Å². The fraction of sp³-hybridized carbons (Fsp3) is 0.235. The first-order valence-electron chi connectivity index (χ1n) is 7.62. The Morgan fingerprint density at radius 1 is 1.11 bits per heavy atom. The van der Waals surface area contributed by atoms with E-state index in [1.807, 2.05) is 0 Å². The minimum Gasteiger partial charge on any atom is -0.325 e. The third kappa shape index (κ3) is 5.72. The van der Waals surface area contributed by atoms with Gasteiger partial charge in [-0.05, 0) is 36.4 Å². The Morgan fingerprint density at radius 2 is 1.78 bits per heavy atom. The highest BCUT2D eigenvalue weighted by Gasteiger charge is 2.30. The van der Waals surface area contributed by atoms with E-state index in [2.05, 4.69) is 5.32 Å². The third-order valence-electron chi connectivity index (χ3n) is 3.43. The topological polar surface area (TPSA) is 66.5 Å². The molecule has 0 spiro atoms. The van der Waals surface area contributed by atoms with Gasteiger partial charge in [0, 0.05) is 24.7 Å². The lowest BCUT2D eigenvalue weighted by atomic mass is 10.2. The summed E-state index contributed by atoms with van der Waals surface area (Å²) in [6, 6.07) is 10.4. The number of rotatable bonds is 6. The first-order chi connectivity index (χ1) is 12.5. The molecule has 1 N–H and O–H groups in total. The summed E-state index contributed by atoms with van der Waals surface area (Å²) in [6.45, 7) is 0. The molecule has 0 saturated carbocycles. The second-order valence-electron chi connectivity index (χ2n) is 5.68. The number of amides is 1. The van der Waals surface area contributed by atoms with Gasteiger partial charge in [-0.2, -0.15) is 13.2 Å². The van der Waals surface area contributed by atoms with Crippen molar-refractivity contribution in [3.63, 3.8) is 0 Å². The summed E-state index contributed by atoms with van der Waals surface area (Å²) in [6.07, 6.45) is -4.45. The molecule has 0 aliphatic heterocycles. The van der Waals surface area contributed by atoms with Crippen LogP contribution in [0.1, 0.15) is 5.56 Å². The Morgan fingerprint density at radius 3 is 2.41 bits per heavy atom. The molecule has 2 rings (SSSR count). The smallest absolute Gasteiger partial charge is 0.325 e. The predicted molar refractivity (Wildman–Crippen MR) is 98.1 cm³/mol. The first-order valence-corrected chi connectivity index (χ1v) is 10.1. The molecule has 0 atom stereocenters.